The number of carbonyl (C=O) groups excluding carboxylic acids is 3. The fourth-order valence-corrected chi connectivity index (χ4v) is 1.50. The molecule has 0 saturated heterocycles. The summed E-state index contributed by atoms with van der Waals surface area (Å²) in [5, 5.41) is 5.01. The van der Waals surface area contributed by atoms with E-state index >= 15 is 0 Å². The van der Waals surface area contributed by atoms with Crippen molar-refractivity contribution in [1.29, 1.82) is 0 Å². The quantitative estimate of drug-likeness (QED) is 0.667. The molecule has 0 atom stereocenters. The summed E-state index contributed by atoms with van der Waals surface area (Å²) < 4.78 is 0. The Hall–Kier alpha value is -2.37. The number of hydrogen-bond donors (Lipinski definition) is 2. The van der Waals surface area contributed by atoms with Crippen LogP contribution < -0.4 is 15.5 Å². The van der Waals surface area contributed by atoms with Crippen molar-refractivity contribution < 1.29 is 14.4 Å². The second kappa shape index (κ2) is 7.05. The van der Waals surface area contributed by atoms with Crippen LogP contribution in [-0.4, -0.2) is 38.7 Å². The fourth-order valence-electron chi connectivity index (χ4n) is 1.50. The Morgan fingerprint density at radius 1 is 1.33 bits per heavy atom. The molecule has 0 aliphatic carbocycles. The van der Waals surface area contributed by atoms with Crippen LogP contribution in [0.5, 0.6) is 0 Å². The van der Waals surface area contributed by atoms with Crippen molar-refractivity contribution in [3.05, 3.63) is 24.3 Å². The summed E-state index contributed by atoms with van der Waals surface area (Å²) in [6.45, 7) is 0.103. The van der Waals surface area contributed by atoms with Crippen LogP contribution in [0.2, 0.25) is 0 Å². The van der Waals surface area contributed by atoms with Gasteiger partial charge in [0, 0.05) is 7.05 Å². The molecular formula is C12H15N3O3. The Labute approximate surface area is 105 Å². The van der Waals surface area contributed by atoms with Crippen LogP contribution in [0.3, 0.4) is 0 Å². The molecule has 2 N–H and O–H groups in total. The average molecular weight is 249 g/mol. The maximum absolute atomic E-state index is 11.5. The molecule has 18 heavy (non-hydrogen) atoms. The molecule has 0 aliphatic heterocycles. The molecule has 0 aromatic heterocycles. The van der Waals surface area contributed by atoms with Crippen LogP contribution in [0.4, 0.5) is 11.4 Å². The number of nitrogens with one attached hydrogen (secondary N) is 2. The van der Waals surface area contributed by atoms with Gasteiger partial charge in [-0.05, 0) is 12.1 Å². The zero-order valence-electron chi connectivity index (χ0n) is 10.1. The minimum absolute atomic E-state index is 0.000901. The maximum Gasteiger partial charge on any atom is 0.239 e. The first-order valence-electron chi connectivity index (χ1n) is 5.39. The fraction of sp³-hybridized carbons (Fsp3) is 0.250. The molecule has 96 valence electrons. The summed E-state index contributed by atoms with van der Waals surface area (Å²) in [7, 11) is 1.73. The Balaban J connectivity index is 2.70. The monoisotopic (exact) mass is 249 g/mol. The molecule has 6 nitrogen and oxygen atoms in total. The number of nitrogens with zero attached hydrogens (tertiary/aromatic N) is 1. The van der Waals surface area contributed by atoms with E-state index in [1.807, 2.05) is 6.07 Å². The lowest BCUT2D eigenvalue weighted by Gasteiger charge is -2.21. The standard InChI is InChI=1S/C12H15N3O3/c1-15(8-12(18)13-6-7-16)11-5-3-2-4-10(11)14-9-17/h2-5,7,9H,6,8H2,1H3,(H,13,18)(H,14,17). The van der Waals surface area contributed by atoms with Gasteiger partial charge in [0.05, 0.1) is 24.5 Å². The van der Waals surface area contributed by atoms with Gasteiger partial charge in [0.2, 0.25) is 12.3 Å². The van der Waals surface area contributed by atoms with Gasteiger partial charge in [-0.25, -0.2) is 0 Å². The molecular weight excluding hydrogens is 234 g/mol. The summed E-state index contributed by atoms with van der Waals surface area (Å²) in [5.74, 6) is -0.259. The number of likely N-dealkylation sites (N-methyl/N-ethyl adjacent to an activating group) is 1. The molecule has 0 unspecified atom stereocenters. The number of amides is 2. The van der Waals surface area contributed by atoms with Crippen LogP contribution >= 0.6 is 0 Å². The van der Waals surface area contributed by atoms with Crippen LogP contribution in [0.15, 0.2) is 24.3 Å². The summed E-state index contributed by atoms with van der Waals surface area (Å²) in [6, 6.07) is 7.13. The van der Waals surface area contributed by atoms with E-state index in [0.29, 0.717) is 18.4 Å². The number of anilines is 2. The van der Waals surface area contributed by atoms with Gasteiger partial charge < -0.3 is 20.3 Å². The van der Waals surface area contributed by atoms with Crippen LogP contribution in [-0.2, 0) is 14.4 Å². The number of para-hydroxylation sites is 2. The smallest absolute Gasteiger partial charge is 0.239 e. The zero-order chi connectivity index (χ0) is 13.4. The summed E-state index contributed by atoms with van der Waals surface area (Å²) in [6.07, 6.45) is 1.21. The number of benzene rings is 1. The van der Waals surface area contributed by atoms with Crippen LogP contribution in [0.25, 0.3) is 0 Å². The molecule has 1 aromatic carbocycles. The van der Waals surface area contributed by atoms with Crippen LogP contribution in [0.1, 0.15) is 0 Å². The van der Waals surface area contributed by atoms with Gasteiger partial charge in [0.1, 0.15) is 6.29 Å². The van der Waals surface area contributed by atoms with Gasteiger partial charge in [-0.15, -0.1) is 0 Å². The largest absolute Gasteiger partial charge is 0.364 e. The van der Waals surface area contributed by atoms with Crippen molar-refractivity contribution in [2.45, 2.75) is 0 Å². The van der Waals surface area contributed by atoms with Crippen molar-refractivity contribution in [3.8, 4) is 0 Å². The highest BCUT2D eigenvalue weighted by Crippen LogP contribution is 2.23. The van der Waals surface area contributed by atoms with Gasteiger partial charge >= 0.3 is 0 Å². The second-order valence-corrected chi connectivity index (χ2v) is 3.61. The lowest BCUT2D eigenvalue weighted by Crippen LogP contribution is -2.36. The maximum atomic E-state index is 11.5. The molecule has 0 radical (unpaired) electrons. The summed E-state index contributed by atoms with van der Waals surface area (Å²) in [5.41, 5.74) is 1.35. The Kier molecular flexibility index (Phi) is 5.37. The van der Waals surface area contributed by atoms with Gasteiger partial charge in [-0.2, -0.15) is 0 Å². The molecule has 0 bridgehead atoms. The van der Waals surface area contributed by atoms with Crippen molar-refractivity contribution in [2.24, 2.45) is 0 Å². The third kappa shape index (κ3) is 3.89. The van der Waals surface area contributed by atoms with Gasteiger partial charge in [-0.1, -0.05) is 12.1 Å². The molecule has 0 fully saturated rings. The normalized spacial score (nSPS) is 9.39. The van der Waals surface area contributed by atoms with Crippen molar-refractivity contribution in [3.63, 3.8) is 0 Å². The molecule has 0 aliphatic rings. The lowest BCUT2D eigenvalue weighted by atomic mass is 10.2. The van der Waals surface area contributed by atoms with Crippen molar-refractivity contribution in [2.75, 3.05) is 30.4 Å². The highest BCUT2D eigenvalue weighted by Gasteiger charge is 2.10. The highest BCUT2D eigenvalue weighted by atomic mass is 16.2. The lowest BCUT2D eigenvalue weighted by molar-refractivity contribution is -0.121. The predicted molar refractivity (Wildman–Crippen MR) is 68.5 cm³/mol. The molecule has 1 aromatic rings. The molecule has 0 saturated carbocycles. The van der Waals surface area contributed by atoms with E-state index in [1.165, 1.54) is 0 Å². The molecule has 0 spiro atoms. The Morgan fingerprint density at radius 3 is 2.72 bits per heavy atom. The highest BCUT2D eigenvalue weighted by molar-refractivity contribution is 5.86. The zero-order valence-corrected chi connectivity index (χ0v) is 10.1. The Morgan fingerprint density at radius 2 is 2.06 bits per heavy atom. The van der Waals surface area contributed by atoms with Crippen molar-refractivity contribution in [1.82, 2.24) is 5.32 Å². The Bertz CT molecular complexity index is 434. The first-order valence-corrected chi connectivity index (χ1v) is 5.39. The van der Waals surface area contributed by atoms with E-state index in [2.05, 4.69) is 10.6 Å². The average Bonchev–Trinajstić information content (AvgIpc) is 2.37. The van der Waals surface area contributed by atoms with Gasteiger partial charge in [0.15, 0.2) is 0 Å². The number of hydrogen-bond acceptors (Lipinski definition) is 4. The molecule has 1 rings (SSSR count). The van der Waals surface area contributed by atoms with Crippen molar-refractivity contribution >= 4 is 30.0 Å². The molecule has 6 heteroatoms. The van der Waals surface area contributed by atoms with E-state index in [-0.39, 0.29) is 19.0 Å². The summed E-state index contributed by atoms with van der Waals surface area (Å²) >= 11 is 0. The third-order valence-corrected chi connectivity index (χ3v) is 2.29. The molecule has 0 heterocycles. The third-order valence-electron chi connectivity index (χ3n) is 2.29. The molecule has 2 amide bonds. The number of carbonyl (C=O) groups is 3. The van der Waals surface area contributed by atoms with E-state index in [9.17, 15) is 14.4 Å². The summed E-state index contributed by atoms with van der Waals surface area (Å²) in [4.78, 5) is 33.7. The first-order chi connectivity index (χ1) is 8.69. The number of aldehydes is 1. The number of rotatable bonds is 7. The minimum Gasteiger partial charge on any atom is -0.364 e. The van der Waals surface area contributed by atoms with E-state index in [4.69, 9.17) is 0 Å². The van der Waals surface area contributed by atoms with E-state index in [1.54, 1.807) is 30.1 Å². The minimum atomic E-state index is -0.259. The predicted octanol–water partition coefficient (Wildman–Crippen LogP) is 0.00620. The van der Waals surface area contributed by atoms with E-state index < -0.39 is 0 Å². The van der Waals surface area contributed by atoms with Gasteiger partial charge in [0.25, 0.3) is 0 Å². The SMILES string of the molecule is CN(CC(=O)NCC=O)c1ccccc1NC=O. The van der Waals surface area contributed by atoms with E-state index in [0.717, 1.165) is 5.69 Å². The topological polar surface area (TPSA) is 78.5 Å². The van der Waals surface area contributed by atoms with Crippen LogP contribution in [0, 0.1) is 0 Å². The van der Waals surface area contributed by atoms with Gasteiger partial charge in [-0.3, -0.25) is 9.59 Å². The first kappa shape index (κ1) is 13.7. The second-order valence-electron chi connectivity index (χ2n) is 3.61.